The summed E-state index contributed by atoms with van der Waals surface area (Å²) in [7, 11) is 0. The Balaban J connectivity index is 2.18. The van der Waals surface area contributed by atoms with Crippen LogP contribution < -0.4 is 5.32 Å². The van der Waals surface area contributed by atoms with Crippen LogP contribution in [0.2, 0.25) is 0 Å². The van der Waals surface area contributed by atoms with Gasteiger partial charge in [0.2, 0.25) is 0 Å². The van der Waals surface area contributed by atoms with Gasteiger partial charge in [-0.05, 0) is 55.3 Å². The average Bonchev–Trinajstić information content (AvgIpc) is 2.47. The molecule has 0 aliphatic heterocycles. The van der Waals surface area contributed by atoms with Crippen molar-refractivity contribution in [1.29, 1.82) is 0 Å². The van der Waals surface area contributed by atoms with Crippen molar-refractivity contribution in [1.82, 2.24) is 5.32 Å². The van der Waals surface area contributed by atoms with Crippen LogP contribution in [0.5, 0.6) is 0 Å². The quantitative estimate of drug-likeness (QED) is 0.658. The van der Waals surface area contributed by atoms with Gasteiger partial charge in [0.05, 0.1) is 0 Å². The van der Waals surface area contributed by atoms with Gasteiger partial charge in [0.15, 0.2) is 0 Å². The Morgan fingerprint density at radius 3 is 2.67 bits per heavy atom. The van der Waals surface area contributed by atoms with Crippen LogP contribution >= 0.6 is 27.7 Å². The largest absolute Gasteiger partial charge is 0.310 e. The van der Waals surface area contributed by atoms with E-state index in [1.807, 2.05) is 11.8 Å². The third-order valence-electron chi connectivity index (χ3n) is 3.59. The van der Waals surface area contributed by atoms with Crippen molar-refractivity contribution in [3.63, 3.8) is 0 Å². The molecule has 0 saturated carbocycles. The first kappa shape index (κ1) is 16.6. The van der Waals surface area contributed by atoms with Crippen molar-refractivity contribution in [3.05, 3.63) is 63.6 Å². The summed E-state index contributed by atoms with van der Waals surface area (Å²) < 4.78 is 1.14. The number of halogens is 1. The molecule has 1 unspecified atom stereocenters. The molecule has 2 rings (SSSR count). The SMILES string of the molecule is CCNC(C)c1cc(Br)ccc1SCc1ccccc1C. The highest BCUT2D eigenvalue weighted by molar-refractivity contribution is 9.10. The Labute approximate surface area is 140 Å². The molecule has 1 nitrogen and oxygen atoms in total. The normalized spacial score (nSPS) is 12.4. The molecule has 1 atom stereocenters. The van der Waals surface area contributed by atoms with Gasteiger partial charge in [-0.3, -0.25) is 0 Å². The van der Waals surface area contributed by atoms with Crippen molar-refractivity contribution in [3.8, 4) is 0 Å². The van der Waals surface area contributed by atoms with Gasteiger partial charge in [0, 0.05) is 21.2 Å². The van der Waals surface area contributed by atoms with Gasteiger partial charge in [-0.25, -0.2) is 0 Å². The second kappa shape index (κ2) is 8.02. The van der Waals surface area contributed by atoms with E-state index in [0.29, 0.717) is 6.04 Å². The van der Waals surface area contributed by atoms with Gasteiger partial charge in [-0.15, -0.1) is 11.8 Å². The average molecular weight is 364 g/mol. The zero-order valence-corrected chi connectivity index (χ0v) is 15.2. The van der Waals surface area contributed by atoms with E-state index in [1.54, 1.807) is 0 Å². The molecule has 0 heterocycles. The maximum atomic E-state index is 3.59. The predicted octanol–water partition coefficient (Wildman–Crippen LogP) is 5.72. The zero-order valence-electron chi connectivity index (χ0n) is 12.8. The van der Waals surface area contributed by atoms with Gasteiger partial charge < -0.3 is 5.32 Å². The monoisotopic (exact) mass is 363 g/mol. The number of aryl methyl sites for hydroxylation is 1. The Morgan fingerprint density at radius 2 is 1.95 bits per heavy atom. The van der Waals surface area contributed by atoms with Gasteiger partial charge in [0.25, 0.3) is 0 Å². The highest BCUT2D eigenvalue weighted by atomic mass is 79.9. The van der Waals surface area contributed by atoms with Crippen molar-refractivity contribution in [2.24, 2.45) is 0 Å². The maximum absolute atomic E-state index is 3.59. The second-order valence-electron chi connectivity index (χ2n) is 5.18. The minimum Gasteiger partial charge on any atom is -0.310 e. The molecule has 0 spiro atoms. The van der Waals surface area contributed by atoms with E-state index in [2.05, 4.69) is 84.5 Å². The fourth-order valence-electron chi connectivity index (χ4n) is 2.33. The number of benzene rings is 2. The van der Waals surface area contributed by atoms with Crippen LogP contribution in [0.15, 0.2) is 51.8 Å². The van der Waals surface area contributed by atoms with Crippen LogP contribution in [0.4, 0.5) is 0 Å². The highest BCUT2D eigenvalue weighted by Gasteiger charge is 2.11. The first-order valence-corrected chi connectivity index (χ1v) is 9.09. The molecular weight excluding hydrogens is 342 g/mol. The molecular formula is C18H22BrNS. The summed E-state index contributed by atoms with van der Waals surface area (Å²) in [6, 6.07) is 15.6. The minimum absolute atomic E-state index is 0.367. The van der Waals surface area contributed by atoms with Gasteiger partial charge in [-0.1, -0.05) is 47.1 Å². The molecule has 0 aliphatic rings. The van der Waals surface area contributed by atoms with Crippen LogP contribution in [0, 0.1) is 6.92 Å². The molecule has 0 saturated heterocycles. The Kier molecular flexibility index (Phi) is 6.34. The van der Waals surface area contributed by atoms with Crippen LogP contribution in [-0.4, -0.2) is 6.54 Å². The number of hydrogen-bond donors (Lipinski definition) is 1. The lowest BCUT2D eigenvalue weighted by Crippen LogP contribution is -2.18. The molecule has 0 amide bonds. The van der Waals surface area contributed by atoms with Crippen molar-refractivity contribution in [2.45, 2.75) is 37.5 Å². The summed E-state index contributed by atoms with van der Waals surface area (Å²) in [5, 5.41) is 3.50. The second-order valence-corrected chi connectivity index (χ2v) is 7.11. The van der Waals surface area contributed by atoms with Crippen LogP contribution in [0.25, 0.3) is 0 Å². The summed E-state index contributed by atoms with van der Waals surface area (Å²) in [5.41, 5.74) is 4.14. The molecule has 0 bridgehead atoms. The fourth-order valence-corrected chi connectivity index (χ4v) is 3.91. The Bertz CT molecular complexity index is 598. The van der Waals surface area contributed by atoms with Gasteiger partial charge in [-0.2, -0.15) is 0 Å². The zero-order chi connectivity index (χ0) is 15.2. The molecule has 1 N–H and O–H groups in total. The lowest BCUT2D eigenvalue weighted by Gasteiger charge is -2.17. The number of thioether (sulfide) groups is 1. The molecule has 0 fully saturated rings. The third-order valence-corrected chi connectivity index (χ3v) is 5.22. The summed E-state index contributed by atoms with van der Waals surface area (Å²) in [6.45, 7) is 7.53. The molecule has 0 aromatic heterocycles. The van der Waals surface area contributed by atoms with E-state index >= 15 is 0 Å². The maximum Gasteiger partial charge on any atom is 0.0303 e. The van der Waals surface area contributed by atoms with E-state index in [1.165, 1.54) is 21.6 Å². The molecule has 2 aromatic carbocycles. The Hall–Kier alpha value is -0.770. The van der Waals surface area contributed by atoms with E-state index in [0.717, 1.165) is 16.8 Å². The molecule has 112 valence electrons. The van der Waals surface area contributed by atoms with Gasteiger partial charge >= 0.3 is 0 Å². The van der Waals surface area contributed by atoms with Crippen molar-refractivity contribution < 1.29 is 0 Å². The van der Waals surface area contributed by atoms with Crippen molar-refractivity contribution in [2.75, 3.05) is 6.54 Å². The number of nitrogens with one attached hydrogen (secondary N) is 1. The van der Waals surface area contributed by atoms with Crippen molar-refractivity contribution >= 4 is 27.7 Å². The first-order valence-electron chi connectivity index (χ1n) is 7.32. The summed E-state index contributed by atoms with van der Waals surface area (Å²) in [5.74, 6) is 1.01. The predicted molar refractivity (Wildman–Crippen MR) is 97.0 cm³/mol. The standard InChI is InChI=1S/C18H22BrNS/c1-4-20-14(3)17-11-16(19)9-10-18(17)21-12-15-8-6-5-7-13(15)2/h5-11,14,20H,4,12H2,1-3H3. The van der Waals surface area contributed by atoms with Gasteiger partial charge in [0.1, 0.15) is 0 Å². The van der Waals surface area contributed by atoms with E-state index in [-0.39, 0.29) is 0 Å². The summed E-state index contributed by atoms with van der Waals surface area (Å²) >= 11 is 5.50. The van der Waals surface area contributed by atoms with Crippen LogP contribution in [0.1, 0.15) is 36.6 Å². The fraction of sp³-hybridized carbons (Fsp3) is 0.333. The van der Waals surface area contributed by atoms with E-state index in [9.17, 15) is 0 Å². The third kappa shape index (κ3) is 4.60. The van der Waals surface area contributed by atoms with E-state index < -0.39 is 0 Å². The lowest BCUT2D eigenvalue weighted by molar-refractivity contribution is 0.589. The molecule has 21 heavy (non-hydrogen) atoms. The minimum atomic E-state index is 0.367. The summed E-state index contributed by atoms with van der Waals surface area (Å²) in [4.78, 5) is 1.36. The topological polar surface area (TPSA) is 12.0 Å². The number of hydrogen-bond acceptors (Lipinski definition) is 2. The van der Waals surface area contributed by atoms with Crippen LogP contribution in [0.3, 0.4) is 0 Å². The van der Waals surface area contributed by atoms with Crippen LogP contribution in [-0.2, 0) is 5.75 Å². The molecule has 0 aliphatic carbocycles. The molecule has 2 aromatic rings. The van der Waals surface area contributed by atoms with E-state index in [4.69, 9.17) is 0 Å². The molecule has 0 radical (unpaired) electrons. The first-order chi connectivity index (χ1) is 10.1. The highest BCUT2D eigenvalue weighted by Crippen LogP contribution is 2.32. The summed E-state index contributed by atoms with van der Waals surface area (Å²) in [6.07, 6.45) is 0. The lowest BCUT2D eigenvalue weighted by atomic mass is 10.1. The number of rotatable bonds is 6. The smallest absolute Gasteiger partial charge is 0.0303 e. The molecule has 3 heteroatoms. The Morgan fingerprint density at radius 1 is 1.19 bits per heavy atom.